The predicted octanol–water partition coefficient (Wildman–Crippen LogP) is 4.70. The van der Waals surface area contributed by atoms with Crippen molar-refractivity contribution in [2.24, 2.45) is 0 Å². The molecule has 0 aliphatic heterocycles. The van der Waals surface area contributed by atoms with Gasteiger partial charge < -0.3 is 10.1 Å². The molecule has 2 rings (SSSR count). The minimum atomic E-state index is -0.195. The van der Waals surface area contributed by atoms with Crippen molar-refractivity contribution in [1.29, 1.82) is 0 Å². The summed E-state index contributed by atoms with van der Waals surface area (Å²) in [5.41, 5.74) is 2.50. The van der Waals surface area contributed by atoms with Crippen LogP contribution < -0.4 is 10.1 Å². The van der Waals surface area contributed by atoms with Gasteiger partial charge in [-0.3, -0.25) is 4.79 Å². The number of ether oxygens (including phenoxy) is 1. The molecule has 3 nitrogen and oxygen atoms in total. The maximum absolute atomic E-state index is 12.0. The molecule has 2 aromatic carbocycles. The fourth-order valence-electron chi connectivity index (χ4n) is 1.93. The second-order valence-electron chi connectivity index (χ2n) is 4.74. The summed E-state index contributed by atoms with van der Waals surface area (Å²) in [6.45, 7) is 4.45. The smallest absolute Gasteiger partial charge is 0.248 e. The number of hydrogen-bond acceptors (Lipinski definition) is 2. The maximum Gasteiger partial charge on any atom is 0.248 e. The summed E-state index contributed by atoms with van der Waals surface area (Å²) in [6, 6.07) is 13.0. The highest BCUT2D eigenvalue weighted by molar-refractivity contribution is 6.31. The van der Waals surface area contributed by atoms with Crippen LogP contribution in [-0.2, 0) is 4.79 Å². The van der Waals surface area contributed by atoms with E-state index in [1.165, 1.54) is 6.08 Å². The first-order valence-corrected chi connectivity index (χ1v) is 7.45. The minimum Gasteiger partial charge on any atom is -0.494 e. The van der Waals surface area contributed by atoms with E-state index < -0.39 is 0 Å². The molecule has 4 heteroatoms. The molecule has 0 fully saturated rings. The molecule has 0 radical (unpaired) electrons. The van der Waals surface area contributed by atoms with Gasteiger partial charge in [0, 0.05) is 16.8 Å². The Bertz CT molecular complexity index is 678. The zero-order chi connectivity index (χ0) is 15.9. The number of hydrogen-bond donors (Lipinski definition) is 1. The number of rotatable bonds is 5. The fourth-order valence-corrected chi connectivity index (χ4v) is 2.11. The average molecular weight is 316 g/mol. The summed E-state index contributed by atoms with van der Waals surface area (Å²) in [7, 11) is 0. The van der Waals surface area contributed by atoms with Crippen molar-refractivity contribution in [2.75, 3.05) is 11.9 Å². The molecular weight excluding hydrogens is 298 g/mol. The molecular formula is C18H18ClNO2. The fraction of sp³-hybridized carbons (Fsp3) is 0.167. The monoisotopic (exact) mass is 315 g/mol. The third-order valence-corrected chi connectivity index (χ3v) is 3.55. The lowest BCUT2D eigenvalue weighted by atomic mass is 10.2. The molecule has 2 aromatic rings. The van der Waals surface area contributed by atoms with E-state index in [4.69, 9.17) is 16.3 Å². The Morgan fingerprint density at radius 1 is 1.23 bits per heavy atom. The van der Waals surface area contributed by atoms with Gasteiger partial charge in [0.2, 0.25) is 5.91 Å². The topological polar surface area (TPSA) is 38.3 Å². The summed E-state index contributed by atoms with van der Waals surface area (Å²) < 4.78 is 5.37. The number of carbonyl (C=O) groups excluding carboxylic acids is 1. The van der Waals surface area contributed by atoms with Crippen LogP contribution in [-0.4, -0.2) is 12.5 Å². The number of amides is 1. The molecule has 0 aromatic heterocycles. The highest BCUT2D eigenvalue weighted by atomic mass is 35.5. The summed E-state index contributed by atoms with van der Waals surface area (Å²) in [5, 5.41) is 3.45. The van der Waals surface area contributed by atoms with Crippen LogP contribution in [0.25, 0.3) is 6.08 Å². The summed E-state index contributed by atoms with van der Waals surface area (Å²) in [5.74, 6) is 0.623. The molecule has 0 aliphatic rings. The molecule has 1 amide bonds. The first-order valence-electron chi connectivity index (χ1n) is 7.07. The minimum absolute atomic E-state index is 0.195. The van der Waals surface area contributed by atoms with Gasteiger partial charge in [-0.1, -0.05) is 29.8 Å². The Labute approximate surface area is 135 Å². The summed E-state index contributed by atoms with van der Waals surface area (Å²) >= 11 is 6.03. The van der Waals surface area contributed by atoms with Gasteiger partial charge in [0.15, 0.2) is 0 Å². The van der Waals surface area contributed by atoms with E-state index in [1.807, 2.05) is 44.2 Å². The Morgan fingerprint density at radius 3 is 2.64 bits per heavy atom. The van der Waals surface area contributed by atoms with E-state index in [0.29, 0.717) is 17.3 Å². The van der Waals surface area contributed by atoms with Crippen LogP contribution in [0.15, 0.2) is 48.5 Å². The lowest BCUT2D eigenvalue weighted by Gasteiger charge is -2.07. The van der Waals surface area contributed by atoms with Gasteiger partial charge in [0.05, 0.1) is 6.61 Å². The van der Waals surface area contributed by atoms with Crippen molar-refractivity contribution in [3.63, 3.8) is 0 Å². The number of anilines is 1. The van der Waals surface area contributed by atoms with Gasteiger partial charge >= 0.3 is 0 Å². The molecule has 0 atom stereocenters. The lowest BCUT2D eigenvalue weighted by molar-refractivity contribution is -0.111. The van der Waals surface area contributed by atoms with Crippen molar-refractivity contribution in [1.82, 2.24) is 0 Å². The van der Waals surface area contributed by atoms with Gasteiger partial charge in [-0.25, -0.2) is 0 Å². The molecule has 22 heavy (non-hydrogen) atoms. The van der Waals surface area contributed by atoms with Crippen molar-refractivity contribution >= 4 is 29.3 Å². The quantitative estimate of drug-likeness (QED) is 0.812. The second kappa shape index (κ2) is 7.66. The molecule has 0 heterocycles. The summed E-state index contributed by atoms with van der Waals surface area (Å²) in [6.07, 6.45) is 3.25. The summed E-state index contributed by atoms with van der Waals surface area (Å²) in [4.78, 5) is 12.0. The van der Waals surface area contributed by atoms with E-state index in [2.05, 4.69) is 5.32 Å². The molecule has 0 saturated carbocycles. The Hall–Kier alpha value is -2.26. The van der Waals surface area contributed by atoms with Crippen LogP contribution >= 0.6 is 11.6 Å². The third-order valence-electron chi connectivity index (χ3n) is 3.14. The van der Waals surface area contributed by atoms with E-state index in [-0.39, 0.29) is 5.91 Å². The largest absolute Gasteiger partial charge is 0.494 e. The predicted molar refractivity (Wildman–Crippen MR) is 91.5 cm³/mol. The Morgan fingerprint density at radius 2 is 1.95 bits per heavy atom. The SMILES string of the molecule is CCOc1ccc(/C=C/C(=O)Nc2cccc(Cl)c2C)cc1. The van der Waals surface area contributed by atoms with Gasteiger partial charge in [0.25, 0.3) is 0 Å². The first-order chi connectivity index (χ1) is 10.6. The molecule has 114 valence electrons. The normalized spacial score (nSPS) is 10.7. The average Bonchev–Trinajstić information content (AvgIpc) is 2.51. The number of nitrogens with one attached hydrogen (secondary N) is 1. The van der Waals surface area contributed by atoms with E-state index >= 15 is 0 Å². The second-order valence-corrected chi connectivity index (χ2v) is 5.14. The standard InChI is InChI=1S/C18H18ClNO2/c1-3-22-15-10-7-14(8-11-15)9-12-18(21)20-17-6-4-5-16(19)13(17)2/h4-12H,3H2,1-2H3,(H,20,21)/b12-9+. The van der Waals surface area contributed by atoms with Gasteiger partial charge in [-0.2, -0.15) is 0 Å². The highest BCUT2D eigenvalue weighted by Crippen LogP contribution is 2.22. The Kier molecular flexibility index (Phi) is 5.61. The van der Waals surface area contributed by atoms with Crippen LogP contribution in [0.1, 0.15) is 18.1 Å². The molecule has 0 saturated heterocycles. The Balaban J connectivity index is 2.00. The molecule has 0 aliphatic carbocycles. The van der Waals surface area contributed by atoms with E-state index in [1.54, 1.807) is 18.2 Å². The number of halogens is 1. The van der Waals surface area contributed by atoms with E-state index in [9.17, 15) is 4.79 Å². The van der Waals surface area contributed by atoms with Gasteiger partial charge in [-0.05, 0) is 55.3 Å². The van der Waals surface area contributed by atoms with Gasteiger partial charge in [-0.15, -0.1) is 0 Å². The van der Waals surface area contributed by atoms with Crippen LogP contribution in [0.2, 0.25) is 5.02 Å². The maximum atomic E-state index is 12.0. The number of benzene rings is 2. The third kappa shape index (κ3) is 4.37. The molecule has 0 unspecified atom stereocenters. The van der Waals surface area contributed by atoms with Crippen molar-refractivity contribution < 1.29 is 9.53 Å². The zero-order valence-corrected chi connectivity index (χ0v) is 13.4. The molecule has 0 bridgehead atoms. The lowest BCUT2D eigenvalue weighted by Crippen LogP contribution is -2.08. The first kappa shape index (κ1) is 16.1. The molecule has 1 N–H and O–H groups in total. The van der Waals surface area contributed by atoms with E-state index in [0.717, 1.165) is 16.9 Å². The zero-order valence-electron chi connectivity index (χ0n) is 12.6. The number of carbonyl (C=O) groups is 1. The van der Waals surface area contributed by atoms with Crippen molar-refractivity contribution in [3.05, 3.63) is 64.7 Å². The van der Waals surface area contributed by atoms with Crippen LogP contribution in [0.4, 0.5) is 5.69 Å². The van der Waals surface area contributed by atoms with Crippen molar-refractivity contribution in [2.45, 2.75) is 13.8 Å². The van der Waals surface area contributed by atoms with Crippen LogP contribution in [0, 0.1) is 6.92 Å². The molecule has 0 spiro atoms. The van der Waals surface area contributed by atoms with Gasteiger partial charge in [0.1, 0.15) is 5.75 Å². The van der Waals surface area contributed by atoms with Crippen LogP contribution in [0.3, 0.4) is 0 Å². The van der Waals surface area contributed by atoms with Crippen LogP contribution in [0.5, 0.6) is 5.75 Å². The highest BCUT2D eigenvalue weighted by Gasteiger charge is 2.04. The van der Waals surface area contributed by atoms with Crippen molar-refractivity contribution in [3.8, 4) is 5.75 Å².